The maximum absolute atomic E-state index is 12.5. The molecule has 0 aliphatic carbocycles. The number of aromatic nitrogens is 1. The molecule has 0 saturated heterocycles. The van der Waals surface area contributed by atoms with Crippen LogP contribution in [0.5, 0.6) is 0 Å². The molecule has 0 aliphatic heterocycles. The molecule has 1 heterocycles. The number of halogens is 3. The predicted molar refractivity (Wildman–Crippen MR) is 65.7 cm³/mol. The number of anilines is 2. The average molecular weight is 276 g/mol. The van der Waals surface area contributed by atoms with Crippen LogP contribution >= 0.6 is 0 Å². The Kier molecular flexibility index (Phi) is 4.23. The Hall–Kier alpha value is -1.99. The summed E-state index contributed by atoms with van der Waals surface area (Å²) in [6.07, 6.45) is -4.40. The first-order valence-electron chi connectivity index (χ1n) is 5.51. The van der Waals surface area contributed by atoms with Gasteiger partial charge in [-0.2, -0.15) is 13.2 Å². The second-order valence-electron chi connectivity index (χ2n) is 4.31. The third-order valence-electron chi connectivity index (χ3n) is 2.40. The zero-order chi connectivity index (χ0) is 14.8. The van der Waals surface area contributed by atoms with Crippen molar-refractivity contribution in [3.63, 3.8) is 0 Å². The van der Waals surface area contributed by atoms with Gasteiger partial charge in [0.1, 0.15) is 12.2 Å². The number of hydrogen-bond donors (Lipinski definition) is 2. The van der Waals surface area contributed by atoms with E-state index >= 15 is 0 Å². The van der Waals surface area contributed by atoms with Gasteiger partial charge in [0.2, 0.25) is 0 Å². The van der Waals surface area contributed by atoms with E-state index < -0.39 is 24.7 Å². The summed E-state index contributed by atoms with van der Waals surface area (Å²) in [5.41, 5.74) is 10.6. The number of nitrogens with two attached hydrogens (primary N) is 2. The molecule has 0 radical (unpaired) electrons. The van der Waals surface area contributed by atoms with Gasteiger partial charge in [-0.25, -0.2) is 4.98 Å². The first-order chi connectivity index (χ1) is 8.61. The summed E-state index contributed by atoms with van der Waals surface area (Å²) in [6, 6.07) is 2.10. The Morgan fingerprint density at radius 3 is 2.42 bits per heavy atom. The summed E-state index contributed by atoms with van der Waals surface area (Å²) < 4.78 is 37.6. The summed E-state index contributed by atoms with van der Waals surface area (Å²) in [6.45, 7) is 1.94. The number of carbonyl (C=O) groups excluding carboxylic acids is 1. The summed E-state index contributed by atoms with van der Waals surface area (Å²) in [5, 5.41) is 0. The van der Waals surface area contributed by atoms with Crippen LogP contribution in [0.15, 0.2) is 12.1 Å². The molecule has 5 nitrogen and oxygen atoms in total. The fourth-order valence-electron chi connectivity index (χ4n) is 1.52. The van der Waals surface area contributed by atoms with Crippen LogP contribution in [0.25, 0.3) is 0 Å². The number of pyridine rings is 1. The van der Waals surface area contributed by atoms with Gasteiger partial charge in [-0.1, -0.05) is 0 Å². The van der Waals surface area contributed by atoms with E-state index in [0.717, 1.165) is 4.90 Å². The SMILES string of the molecule is CC(C)N(CC(F)(F)F)c1nc(C(N)=O)ccc1N. The quantitative estimate of drug-likeness (QED) is 0.873. The van der Waals surface area contributed by atoms with Crippen molar-refractivity contribution < 1.29 is 18.0 Å². The highest BCUT2D eigenvalue weighted by Crippen LogP contribution is 2.27. The van der Waals surface area contributed by atoms with Crippen molar-refractivity contribution in [3.8, 4) is 0 Å². The minimum atomic E-state index is -4.40. The molecule has 8 heteroatoms. The maximum Gasteiger partial charge on any atom is 0.405 e. The number of alkyl halides is 3. The Morgan fingerprint density at radius 1 is 1.42 bits per heavy atom. The molecule has 106 valence electrons. The van der Waals surface area contributed by atoms with Gasteiger partial charge in [0, 0.05) is 6.04 Å². The molecule has 0 bridgehead atoms. The fourth-order valence-corrected chi connectivity index (χ4v) is 1.52. The molecule has 4 N–H and O–H groups in total. The van der Waals surface area contributed by atoms with Crippen LogP contribution in [0.1, 0.15) is 24.3 Å². The Morgan fingerprint density at radius 2 is 2.00 bits per heavy atom. The first kappa shape index (κ1) is 15.1. The topological polar surface area (TPSA) is 85.2 Å². The number of carbonyl (C=O) groups is 1. The monoisotopic (exact) mass is 276 g/mol. The molecule has 0 atom stereocenters. The highest BCUT2D eigenvalue weighted by Gasteiger charge is 2.33. The van der Waals surface area contributed by atoms with E-state index in [2.05, 4.69) is 4.98 Å². The molecular weight excluding hydrogens is 261 g/mol. The molecular formula is C11H15F3N4O. The Labute approximate surface area is 108 Å². The van der Waals surface area contributed by atoms with Crippen LogP contribution in [0, 0.1) is 0 Å². The zero-order valence-electron chi connectivity index (χ0n) is 10.5. The van der Waals surface area contributed by atoms with Gasteiger partial charge >= 0.3 is 6.18 Å². The lowest BCUT2D eigenvalue weighted by molar-refractivity contribution is -0.120. The van der Waals surface area contributed by atoms with Crippen LogP contribution in [-0.2, 0) is 0 Å². The van der Waals surface area contributed by atoms with E-state index in [0.29, 0.717) is 0 Å². The van der Waals surface area contributed by atoms with Crippen molar-refractivity contribution in [2.75, 3.05) is 17.2 Å². The Balaban J connectivity index is 3.22. The van der Waals surface area contributed by atoms with Crippen molar-refractivity contribution in [2.45, 2.75) is 26.1 Å². The maximum atomic E-state index is 12.5. The normalized spacial score (nSPS) is 11.7. The van der Waals surface area contributed by atoms with E-state index in [9.17, 15) is 18.0 Å². The zero-order valence-corrected chi connectivity index (χ0v) is 10.5. The third-order valence-corrected chi connectivity index (χ3v) is 2.40. The Bertz CT molecular complexity index is 473. The summed E-state index contributed by atoms with van der Waals surface area (Å²) in [5.74, 6) is -0.916. The molecule has 1 aromatic rings. The lowest BCUT2D eigenvalue weighted by Crippen LogP contribution is -2.40. The van der Waals surface area contributed by atoms with Gasteiger partial charge in [0.15, 0.2) is 5.82 Å². The number of hydrogen-bond acceptors (Lipinski definition) is 4. The number of nitrogen functional groups attached to an aromatic ring is 1. The van der Waals surface area contributed by atoms with Crippen molar-refractivity contribution in [1.29, 1.82) is 0 Å². The van der Waals surface area contributed by atoms with Crippen LogP contribution in [0.2, 0.25) is 0 Å². The van der Waals surface area contributed by atoms with Crippen LogP contribution < -0.4 is 16.4 Å². The highest BCUT2D eigenvalue weighted by atomic mass is 19.4. The summed E-state index contributed by atoms with van der Waals surface area (Å²) in [7, 11) is 0. The number of primary amides is 1. The molecule has 0 saturated carbocycles. The van der Waals surface area contributed by atoms with Crippen molar-refractivity contribution in [2.24, 2.45) is 5.73 Å². The molecule has 0 aromatic carbocycles. The molecule has 1 amide bonds. The molecule has 19 heavy (non-hydrogen) atoms. The number of rotatable bonds is 4. The van der Waals surface area contributed by atoms with E-state index in [1.54, 1.807) is 13.8 Å². The van der Waals surface area contributed by atoms with Crippen molar-refractivity contribution in [1.82, 2.24) is 4.98 Å². The minimum Gasteiger partial charge on any atom is -0.396 e. The number of amides is 1. The van der Waals surface area contributed by atoms with Gasteiger partial charge in [-0.3, -0.25) is 4.79 Å². The average Bonchev–Trinajstić information content (AvgIpc) is 2.25. The molecule has 0 fully saturated rings. The molecule has 0 aliphatic rings. The third kappa shape index (κ3) is 4.01. The van der Waals surface area contributed by atoms with Gasteiger partial charge in [-0.05, 0) is 26.0 Å². The van der Waals surface area contributed by atoms with E-state index in [1.165, 1.54) is 12.1 Å². The lowest BCUT2D eigenvalue weighted by atomic mass is 10.2. The van der Waals surface area contributed by atoms with Crippen molar-refractivity contribution >= 4 is 17.4 Å². The number of nitrogens with zero attached hydrogens (tertiary/aromatic N) is 2. The van der Waals surface area contributed by atoms with Gasteiger partial charge in [0.05, 0.1) is 5.69 Å². The lowest BCUT2D eigenvalue weighted by Gasteiger charge is -2.29. The summed E-state index contributed by atoms with van der Waals surface area (Å²) >= 11 is 0. The van der Waals surface area contributed by atoms with E-state index in [1.807, 2.05) is 0 Å². The largest absolute Gasteiger partial charge is 0.405 e. The standard InChI is InChI=1S/C11H15F3N4O/c1-6(2)18(5-11(12,13)14)10-7(15)3-4-8(17-10)9(16)19/h3-4,6H,5,15H2,1-2H3,(H2,16,19). The van der Waals surface area contributed by atoms with Crippen LogP contribution in [0.3, 0.4) is 0 Å². The molecule has 0 spiro atoms. The molecule has 1 aromatic heterocycles. The second kappa shape index (κ2) is 5.33. The van der Waals surface area contributed by atoms with Crippen LogP contribution in [0.4, 0.5) is 24.7 Å². The first-order valence-corrected chi connectivity index (χ1v) is 5.51. The second-order valence-corrected chi connectivity index (χ2v) is 4.31. The van der Waals surface area contributed by atoms with E-state index in [4.69, 9.17) is 11.5 Å². The van der Waals surface area contributed by atoms with Gasteiger partial charge in [-0.15, -0.1) is 0 Å². The van der Waals surface area contributed by atoms with E-state index in [-0.39, 0.29) is 17.2 Å². The highest BCUT2D eigenvalue weighted by molar-refractivity contribution is 5.91. The predicted octanol–water partition coefficient (Wildman–Crippen LogP) is 1.54. The van der Waals surface area contributed by atoms with Gasteiger partial charge in [0.25, 0.3) is 5.91 Å². The molecule has 0 unspecified atom stereocenters. The summed E-state index contributed by atoms with van der Waals surface area (Å²) in [4.78, 5) is 15.8. The van der Waals surface area contributed by atoms with Gasteiger partial charge < -0.3 is 16.4 Å². The van der Waals surface area contributed by atoms with Crippen LogP contribution in [-0.4, -0.2) is 29.7 Å². The fraction of sp³-hybridized carbons (Fsp3) is 0.455. The minimum absolute atomic E-state index is 0.0583. The molecule has 1 rings (SSSR count). The smallest absolute Gasteiger partial charge is 0.396 e. The van der Waals surface area contributed by atoms with Crippen molar-refractivity contribution in [3.05, 3.63) is 17.8 Å².